The van der Waals surface area contributed by atoms with E-state index in [9.17, 15) is 0 Å². The van der Waals surface area contributed by atoms with E-state index in [0.717, 1.165) is 21.9 Å². The summed E-state index contributed by atoms with van der Waals surface area (Å²) in [5.41, 5.74) is 7.25. The average molecular weight is 284 g/mol. The molecule has 1 aromatic carbocycles. The minimum absolute atomic E-state index is 0. The van der Waals surface area contributed by atoms with E-state index < -0.39 is 0 Å². The molecule has 3 nitrogen and oxygen atoms in total. The van der Waals surface area contributed by atoms with Crippen LogP contribution in [0.4, 0.5) is 0 Å². The van der Waals surface area contributed by atoms with E-state index in [2.05, 4.69) is 0 Å². The molecule has 1 aliphatic heterocycles. The Hall–Kier alpha value is -1.23. The lowest BCUT2D eigenvalue weighted by molar-refractivity contribution is 0.169. The molecule has 0 fully saturated rings. The molecule has 1 atom stereocenters. The van der Waals surface area contributed by atoms with E-state index in [0.29, 0.717) is 13.2 Å². The standard InChI is InChI=1S/C13H13NO2S.ClH/c14-12(11-5-2-8-17-11)9-3-1-4-10-13(9)16-7-6-15-10;/h1-5,8,12H,6-7,14H2;1H/t12-;/m0./s1. The van der Waals surface area contributed by atoms with Gasteiger partial charge in [0, 0.05) is 10.4 Å². The van der Waals surface area contributed by atoms with Gasteiger partial charge in [0.25, 0.3) is 0 Å². The molecule has 0 spiro atoms. The van der Waals surface area contributed by atoms with Gasteiger partial charge in [-0.15, -0.1) is 23.7 Å². The van der Waals surface area contributed by atoms with Crippen molar-refractivity contribution in [1.29, 1.82) is 0 Å². The highest BCUT2D eigenvalue weighted by molar-refractivity contribution is 7.10. The predicted molar refractivity (Wildman–Crippen MR) is 75.0 cm³/mol. The summed E-state index contributed by atoms with van der Waals surface area (Å²) in [6.45, 7) is 1.19. The van der Waals surface area contributed by atoms with Crippen LogP contribution in [0.15, 0.2) is 35.7 Å². The molecule has 2 aromatic rings. The van der Waals surface area contributed by atoms with Crippen molar-refractivity contribution in [3.05, 3.63) is 46.2 Å². The Morgan fingerprint density at radius 3 is 2.72 bits per heavy atom. The normalized spacial score (nSPS) is 14.7. The van der Waals surface area contributed by atoms with Crippen molar-refractivity contribution in [1.82, 2.24) is 0 Å². The van der Waals surface area contributed by atoms with Crippen LogP contribution in [-0.2, 0) is 0 Å². The summed E-state index contributed by atoms with van der Waals surface area (Å²) in [7, 11) is 0. The molecule has 0 amide bonds. The predicted octanol–water partition coefficient (Wildman–Crippen LogP) is 2.99. The van der Waals surface area contributed by atoms with Crippen molar-refractivity contribution in [2.45, 2.75) is 6.04 Å². The lowest BCUT2D eigenvalue weighted by Gasteiger charge is -2.23. The molecule has 3 rings (SSSR count). The second-order valence-electron chi connectivity index (χ2n) is 3.86. The molecule has 5 heteroatoms. The molecular formula is C13H14ClNO2S. The van der Waals surface area contributed by atoms with Crippen molar-refractivity contribution in [2.75, 3.05) is 13.2 Å². The molecular weight excluding hydrogens is 270 g/mol. The number of fused-ring (bicyclic) bond motifs is 1. The van der Waals surface area contributed by atoms with Gasteiger partial charge in [-0.1, -0.05) is 18.2 Å². The van der Waals surface area contributed by atoms with E-state index in [4.69, 9.17) is 15.2 Å². The van der Waals surface area contributed by atoms with Crippen LogP contribution in [-0.4, -0.2) is 13.2 Å². The summed E-state index contributed by atoms with van der Waals surface area (Å²) in [4.78, 5) is 1.13. The van der Waals surface area contributed by atoms with E-state index in [1.807, 2.05) is 35.7 Å². The van der Waals surface area contributed by atoms with E-state index in [1.54, 1.807) is 11.3 Å². The molecule has 2 heterocycles. The molecule has 0 saturated heterocycles. The summed E-state index contributed by atoms with van der Waals surface area (Å²) >= 11 is 1.66. The zero-order valence-corrected chi connectivity index (χ0v) is 11.3. The fraction of sp³-hybridized carbons (Fsp3) is 0.231. The van der Waals surface area contributed by atoms with Gasteiger partial charge in [-0.25, -0.2) is 0 Å². The zero-order chi connectivity index (χ0) is 11.7. The van der Waals surface area contributed by atoms with Crippen molar-refractivity contribution in [3.8, 4) is 11.5 Å². The van der Waals surface area contributed by atoms with Crippen LogP contribution in [0.2, 0.25) is 0 Å². The lowest BCUT2D eigenvalue weighted by atomic mass is 10.0. The van der Waals surface area contributed by atoms with Crippen molar-refractivity contribution >= 4 is 23.7 Å². The minimum atomic E-state index is -0.147. The van der Waals surface area contributed by atoms with Gasteiger partial charge in [0.05, 0.1) is 6.04 Å². The molecule has 0 bridgehead atoms. The summed E-state index contributed by atoms with van der Waals surface area (Å²) in [5.74, 6) is 1.58. The largest absolute Gasteiger partial charge is 0.486 e. The van der Waals surface area contributed by atoms with Crippen LogP contribution in [0.1, 0.15) is 16.5 Å². The highest BCUT2D eigenvalue weighted by Crippen LogP contribution is 2.38. The number of benzene rings is 1. The number of hydrogen-bond donors (Lipinski definition) is 1. The van der Waals surface area contributed by atoms with Crippen molar-refractivity contribution < 1.29 is 9.47 Å². The van der Waals surface area contributed by atoms with Crippen LogP contribution in [0.3, 0.4) is 0 Å². The summed E-state index contributed by atoms with van der Waals surface area (Å²) in [5, 5.41) is 2.03. The summed E-state index contributed by atoms with van der Waals surface area (Å²) < 4.78 is 11.2. The number of hydrogen-bond acceptors (Lipinski definition) is 4. The molecule has 1 aliphatic rings. The first-order chi connectivity index (χ1) is 8.36. The first-order valence-electron chi connectivity index (χ1n) is 5.54. The Morgan fingerprint density at radius 2 is 1.94 bits per heavy atom. The van der Waals surface area contributed by atoms with Gasteiger partial charge in [0.1, 0.15) is 13.2 Å². The molecule has 0 saturated carbocycles. The first-order valence-corrected chi connectivity index (χ1v) is 6.42. The fourth-order valence-electron chi connectivity index (χ4n) is 1.96. The topological polar surface area (TPSA) is 44.5 Å². The Labute approximate surface area is 116 Å². The second-order valence-corrected chi connectivity index (χ2v) is 4.84. The Balaban J connectivity index is 0.00000120. The lowest BCUT2D eigenvalue weighted by Crippen LogP contribution is -2.19. The molecule has 1 aromatic heterocycles. The molecule has 96 valence electrons. The van der Waals surface area contributed by atoms with Crippen LogP contribution < -0.4 is 15.2 Å². The Bertz CT molecular complexity index is 516. The SMILES string of the molecule is Cl.N[C@H](c1cccs1)c1cccc2c1OCCO2. The van der Waals surface area contributed by atoms with Crippen LogP contribution >= 0.6 is 23.7 Å². The molecule has 0 radical (unpaired) electrons. The summed E-state index contributed by atoms with van der Waals surface area (Å²) in [6, 6.07) is 9.77. The second kappa shape index (κ2) is 5.61. The summed E-state index contributed by atoms with van der Waals surface area (Å²) in [6.07, 6.45) is 0. The van der Waals surface area contributed by atoms with Gasteiger partial charge in [-0.3, -0.25) is 0 Å². The molecule has 0 aliphatic carbocycles. The van der Waals surface area contributed by atoms with E-state index in [1.165, 1.54) is 0 Å². The number of ether oxygens (including phenoxy) is 2. The Morgan fingerprint density at radius 1 is 1.11 bits per heavy atom. The first kappa shape index (κ1) is 13.2. The maximum atomic E-state index is 6.26. The molecule has 0 unspecified atom stereocenters. The van der Waals surface area contributed by atoms with Gasteiger partial charge < -0.3 is 15.2 Å². The number of rotatable bonds is 2. The minimum Gasteiger partial charge on any atom is -0.486 e. The quantitative estimate of drug-likeness (QED) is 0.921. The van der Waals surface area contributed by atoms with Crippen LogP contribution in [0.5, 0.6) is 11.5 Å². The number of para-hydroxylation sites is 1. The molecule has 18 heavy (non-hydrogen) atoms. The fourth-order valence-corrected chi connectivity index (χ4v) is 2.71. The van der Waals surface area contributed by atoms with Crippen molar-refractivity contribution in [2.24, 2.45) is 5.73 Å². The van der Waals surface area contributed by atoms with Gasteiger partial charge in [0.2, 0.25) is 0 Å². The third kappa shape index (κ3) is 2.32. The average Bonchev–Trinajstić information content (AvgIpc) is 2.91. The third-order valence-electron chi connectivity index (χ3n) is 2.78. The number of nitrogens with two attached hydrogens (primary N) is 1. The third-order valence-corrected chi connectivity index (χ3v) is 3.74. The van der Waals surface area contributed by atoms with E-state index >= 15 is 0 Å². The van der Waals surface area contributed by atoms with Crippen LogP contribution in [0.25, 0.3) is 0 Å². The number of halogens is 1. The van der Waals surface area contributed by atoms with Gasteiger partial charge in [-0.05, 0) is 17.5 Å². The number of thiophene rings is 1. The smallest absolute Gasteiger partial charge is 0.166 e. The molecule has 2 N–H and O–H groups in total. The highest BCUT2D eigenvalue weighted by Gasteiger charge is 2.21. The van der Waals surface area contributed by atoms with Crippen molar-refractivity contribution in [3.63, 3.8) is 0 Å². The zero-order valence-electron chi connectivity index (χ0n) is 9.67. The maximum absolute atomic E-state index is 6.26. The van der Waals surface area contributed by atoms with Gasteiger partial charge >= 0.3 is 0 Å². The van der Waals surface area contributed by atoms with Gasteiger partial charge in [-0.2, -0.15) is 0 Å². The maximum Gasteiger partial charge on any atom is 0.166 e. The Kier molecular flexibility index (Phi) is 4.11. The highest BCUT2D eigenvalue weighted by atomic mass is 35.5. The monoisotopic (exact) mass is 283 g/mol. The van der Waals surface area contributed by atoms with Crippen LogP contribution in [0, 0.1) is 0 Å². The van der Waals surface area contributed by atoms with E-state index in [-0.39, 0.29) is 18.4 Å². The van der Waals surface area contributed by atoms with Gasteiger partial charge in [0.15, 0.2) is 11.5 Å².